The van der Waals surface area contributed by atoms with Gasteiger partial charge in [0.25, 0.3) is 0 Å². The van der Waals surface area contributed by atoms with Gasteiger partial charge in [0, 0.05) is 4.90 Å². The first kappa shape index (κ1) is 19.7. The number of rotatable bonds is 6. The second-order valence-electron chi connectivity index (χ2n) is 6.73. The van der Waals surface area contributed by atoms with Gasteiger partial charge >= 0.3 is 0 Å². The van der Waals surface area contributed by atoms with Crippen LogP contribution in [0.1, 0.15) is 16.9 Å². The van der Waals surface area contributed by atoms with E-state index in [1.807, 2.05) is 13.0 Å². The van der Waals surface area contributed by atoms with Crippen molar-refractivity contribution in [2.24, 2.45) is 0 Å². The second-order valence-corrected chi connectivity index (χ2v) is 8.78. The zero-order valence-electron chi connectivity index (χ0n) is 16.0. The van der Waals surface area contributed by atoms with Crippen molar-refractivity contribution >= 4 is 44.4 Å². The first-order chi connectivity index (χ1) is 14.0. The number of benzene rings is 2. The van der Waals surface area contributed by atoms with Gasteiger partial charge in [-0.15, -0.1) is 11.8 Å². The fourth-order valence-corrected chi connectivity index (χ4v) is 4.98. The maximum absolute atomic E-state index is 13.1. The lowest BCUT2D eigenvalue weighted by Crippen LogP contribution is -2.31. The summed E-state index contributed by atoms with van der Waals surface area (Å²) < 4.78 is 19.6. The van der Waals surface area contributed by atoms with E-state index in [0.717, 1.165) is 20.7 Å². The zero-order chi connectivity index (χ0) is 20.4. The summed E-state index contributed by atoms with van der Waals surface area (Å²) in [5.41, 5.74) is 3.17. The average Bonchev–Trinajstić information content (AvgIpc) is 3.35. The SMILES string of the molecule is Cc1cc(C)c2nc(N(Cc3ccco3)C(=O)CSc3ccc(F)cc3)sc2c1. The number of amides is 1. The molecule has 0 atom stereocenters. The van der Waals surface area contributed by atoms with Crippen LogP contribution >= 0.6 is 23.1 Å². The normalized spacial score (nSPS) is 11.1. The second kappa shape index (κ2) is 8.39. The molecule has 2 aromatic heterocycles. The minimum Gasteiger partial charge on any atom is -0.467 e. The Hall–Kier alpha value is -2.64. The highest BCUT2D eigenvalue weighted by atomic mass is 32.2. The maximum Gasteiger partial charge on any atom is 0.239 e. The number of hydrogen-bond acceptors (Lipinski definition) is 5. The molecule has 0 saturated carbocycles. The molecule has 0 saturated heterocycles. The lowest BCUT2D eigenvalue weighted by molar-refractivity contribution is -0.116. The lowest BCUT2D eigenvalue weighted by atomic mass is 10.1. The van der Waals surface area contributed by atoms with Crippen molar-refractivity contribution in [3.63, 3.8) is 0 Å². The summed E-state index contributed by atoms with van der Waals surface area (Å²) in [7, 11) is 0. The molecule has 0 bridgehead atoms. The van der Waals surface area contributed by atoms with Gasteiger partial charge in [-0.3, -0.25) is 9.69 Å². The third kappa shape index (κ3) is 4.52. The summed E-state index contributed by atoms with van der Waals surface area (Å²) >= 11 is 2.87. The first-order valence-corrected chi connectivity index (χ1v) is 10.9. The van der Waals surface area contributed by atoms with Crippen molar-refractivity contribution < 1.29 is 13.6 Å². The zero-order valence-corrected chi connectivity index (χ0v) is 17.6. The van der Waals surface area contributed by atoms with Gasteiger partial charge in [-0.1, -0.05) is 17.4 Å². The third-order valence-electron chi connectivity index (χ3n) is 4.42. The van der Waals surface area contributed by atoms with Crippen LogP contribution in [0, 0.1) is 19.7 Å². The van der Waals surface area contributed by atoms with Crippen LogP contribution in [0.3, 0.4) is 0 Å². The van der Waals surface area contributed by atoms with E-state index >= 15 is 0 Å². The molecule has 2 heterocycles. The number of halogens is 1. The monoisotopic (exact) mass is 426 g/mol. The van der Waals surface area contributed by atoms with Gasteiger partial charge in [-0.05, 0) is 67.4 Å². The minimum absolute atomic E-state index is 0.0795. The Kier molecular flexibility index (Phi) is 5.69. The average molecular weight is 427 g/mol. The summed E-state index contributed by atoms with van der Waals surface area (Å²) in [5.74, 6) is 0.544. The largest absolute Gasteiger partial charge is 0.467 e. The van der Waals surface area contributed by atoms with Crippen LogP contribution < -0.4 is 4.90 Å². The van der Waals surface area contributed by atoms with Crippen molar-refractivity contribution in [1.82, 2.24) is 4.98 Å². The van der Waals surface area contributed by atoms with E-state index in [0.29, 0.717) is 17.4 Å². The molecule has 0 aliphatic carbocycles. The van der Waals surface area contributed by atoms with E-state index in [2.05, 4.69) is 19.1 Å². The molecule has 0 unspecified atom stereocenters. The number of thioether (sulfide) groups is 1. The van der Waals surface area contributed by atoms with Gasteiger partial charge in [-0.25, -0.2) is 9.37 Å². The van der Waals surface area contributed by atoms with Crippen LogP contribution in [0.25, 0.3) is 10.2 Å². The molecule has 0 radical (unpaired) electrons. The molecule has 7 heteroatoms. The predicted octanol–water partition coefficient (Wildman–Crippen LogP) is 5.97. The van der Waals surface area contributed by atoms with Gasteiger partial charge in [0.2, 0.25) is 5.91 Å². The number of furan rings is 1. The van der Waals surface area contributed by atoms with Crippen molar-refractivity contribution in [2.75, 3.05) is 10.7 Å². The summed E-state index contributed by atoms with van der Waals surface area (Å²) in [4.78, 5) is 20.3. The number of fused-ring (bicyclic) bond motifs is 1. The van der Waals surface area contributed by atoms with Crippen molar-refractivity contribution in [2.45, 2.75) is 25.3 Å². The molecular weight excluding hydrogens is 407 g/mol. The third-order valence-corrected chi connectivity index (χ3v) is 6.44. The van der Waals surface area contributed by atoms with E-state index in [-0.39, 0.29) is 17.5 Å². The van der Waals surface area contributed by atoms with E-state index in [4.69, 9.17) is 9.40 Å². The van der Waals surface area contributed by atoms with Crippen LogP contribution in [-0.4, -0.2) is 16.6 Å². The highest BCUT2D eigenvalue weighted by molar-refractivity contribution is 8.00. The summed E-state index contributed by atoms with van der Waals surface area (Å²) in [6, 6.07) is 14.0. The van der Waals surface area contributed by atoms with Crippen molar-refractivity contribution in [3.8, 4) is 0 Å². The molecule has 4 nitrogen and oxygen atoms in total. The predicted molar refractivity (Wildman–Crippen MR) is 116 cm³/mol. The quantitative estimate of drug-likeness (QED) is 0.356. The molecular formula is C22H19FN2O2S2. The minimum atomic E-state index is -0.291. The van der Waals surface area contributed by atoms with Gasteiger partial charge in [0.05, 0.1) is 28.8 Å². The van der Waals surface area contributed by atoms with Crippen LogP contribution in [-0.2, 0) is 11.3 Å². The maximum atomic E-state index is 13.1. The molecule has 0 N–H and O–H groups in total. The van der Waals surface area contributed by atoms with Crippen LogP contribution in [0.4, 0.5) is 9.52 Å². The number of aryl methyl sites for hydroxylation is 2. The Morgan fingerprint density at radius 2 is 2.00 bits per heavy atom. The Morgan fingerprint density at radius 1 is 1.21 bits per heavy atom. The Labute approximate surface area is 176 Å². The first-order valence-electron chi connectivity index (χ1n) is 9.08. The highest BCUT2D eigenvalue weighted by Gasteiger charge is 2.22. The summed E-state index contributed by atoms with van der Waals surface area (Å²) in [6.45, 7) is 4.40. The Morgan fingerprint density at radius 3 is 2.72 bits per heavy atom. The molecule has 4 rings (SSSR count). The standard InChI is InChI=1S/C22H19FN2O2S2/c1-14-10-15(2)21-19(11-14)29-22(24-21)25(12-17-4-3-9-27-17)20(26)13-28-18-7-5-16(23)6-8-18/h3-11H,12-13H2,1-2H3. The van der Waals surface area contributed by atoms with Crippen molar-refractivity contribution in [3.05, 3.63) is 77.5 Å². The number of thiazole rings is 1. The lowest BCUT2D eigenvalue weighted by Gasteiger charge is -2.18. The van der Waals surface area contributed by atoms with E-state index in [9.17, 15) is 9.18 Å². The fourth-order valence-electron chi connectivity index (χ4n) is 3.05. The van der Waals surface area contributed by atoms with Gasteiger partial charge in [-0.2, -0.15) is 0 Å². The van der Waals surface area contributed by atoms with E-state index < -0.39 is 0 Å². The summed E-state index contributed by atoms with van der Waals surface area (Å²) in [6.07, 6.45) is 1.59. The van der Waals surface area contributed by atoms with Gasteiger partial charge < -0.3 is 4.42 Å². The molecule has 4 aromatic rings. The Bertz CT molecular complexity index is 1140. The topological polar surface area (TPSA) is 46.3 Å². The molecule has 2 aromatic carbocycles. The molecule has 0 spiro atoms. The molecule has 148 valence electrons. The summed E-state index contributed by atoms with van der Waals surface area (Å²) in [5, 5.41) is 0.648. The van der Waals surface area contributed by atoms with Crippen LogP contribution in [0.2, 0.25) is 0 Å². The number of hydrogen-bond donors (Lipinski definition) is 0. The van der Waals surface area contributed by atoms with Crippen molar-refractivity contribution in [1.29, 1.82) is 0 Å². The number of aromatic nitrogens is 1. The fraction of sp³-hybridized carbons (Fsp3) is 0.182. The van der Waals surface area contributed by atoms with Gasteiger partial charge in [0.15, 0.2) is 5.13 Å². The smallest absolute Gasteiger partial charge is 0.239 e. The number of anilines is 1. The molecule has 0 fully saturated rings. The van der Waals surface area contributed by atoms with E-state index in [1.54, 1.807) is 29.4 Å². The number of carbonyl (C=O) groups excluding carboxylic acids is 1. The molecule has 29 heavy (non-hydrogen) atoms. The van der Waals surface area contributed by atoms with Gasteiger partial charge in [0.1, 0.15) is 11.6 Å². The molecule has 1 amide bonds. The molecule has 0 aliphatic heterocycles. The Balaban J connectivity index is 1.61. The van der Waals surface area contributed by atoms with Crippen LogP contribution in [0.5, 0.6) is 0 Å². The van der Waals surface area contributed by atoms with E-state index in [1.165, 1.54) is 40.8 Å². The number of carbonyl (C=O) groups is 1. The van der Waals surface area contributed by atoms with Crippen LogP contribution in [0.15, 0.2) is 64.1 Å². The molecule has 0 aliphatic rings. The number of nitrogens with zero attached hydrogens (tertiary/aromatic N) is 2. The highest BCUT2D eigenvalue weighted by Crippen LogP contribution is 2.33.